The fraction of sp³-hybridized carbons (Fsp3) is 0.185. The van der Waals surface area contributed by atoms with Crippen LogP contribution >= 0.6 is 38.5 Å². The van der Waals surface area contributed by atoms with E-state index in [9.17, 15) is 10.1 Å². The molecule has 0 radical (unpaired) electrons. The van der Waals surface area contributed by atoms with Crippen molar-refractivity contribution in [1.82, 2.24) is 5.32 Å². The van der Waals surface area contributed by atoms with Crippen LogP contribution in [0.25, 0.3) is 6.08 Å². The Kier molecular flexibility index (Phi) is 10.0. The first-order valence-corrected chi connectivity index (χ1v) is 12.6. The highest BCUT2D eigenvalue weighted by Gasteiger charge is 2.15. The Morgan fingerprint density at radius 1 is 1.03 bits per heavy atom. The van der Waals surface area contributed by atoms with Gasteiger partial charge in [0.2, 0.25) is 0 Å². The lowest BCUT2D eigenvalue weighted by Gasteiger charge is -2.14. The van der Waals surface area contributed by atoms with Crippen LogP contribution in [-0.2, 0) is 17.9 Å². The highest BCUT2D eigenvalue weighted by atomic mass is 127. The SMILES string of the molecule is COc1ccc(CNC(=O)/C(C#N)=C/c2cc(I)c(OCc3ccc(Br)cc3)c(OC)c2)c(OC)c1. The van der Waals surface area contributed by atoms with Gasteiger partial charge in [0.15, 0.2) is 11.5 Å². The molecule has 0 aromatic heterocycles. The van der Waals surface area contributed by atoms with Gasteiger partial charge in [-0.2, -0.15) is 5.26 Å². The highest BCUT2D eigenvalue weighted by Crippen LogP contribution is 2.35. The lowest BCUT2D eigenvalue weighted by atomic mass is 10.1. The van der Waals surface area contributed by atoms with E-state index in [1.165, 1.54) is 6.08 Å². The Morgan fingerprint density at radius 2 is 1.75 bits per heavy atom. The Hall–Kier alpha value is -3.23. The standard InChI is InChI=1S/C27H24BrIN2O5/c1-33-22-9-6-19(24(13-22)34-2)15-31-27(32)20(14-30)10-18-11-23(29)26(25(12-18)35-3)36-16-17-4-7-21(28)8-5-17/h4-13H,15-16H2,1-3H3,(H,31,32)/b20-10+. The first-order valence-electron chi connectivity index (χ1n) is 10.7. The van der Waals surface area contributed by atoms with Crippen LogP contribution in [-0.4, -0.2) is 27.2 Å². The van der Waals surface area contributed by atoms with Crippen molar-refractivity contribution in [3.8, 4) is 29.1 Å². The molecule has 9 heteroatoms. The molecular formula is C27H24BrIN2O5. The van der Waals surface area contributed by atoms with Gasteiger partial charge in [-0.1, -0.05) is 28.1 Å². The molecule has 186 valence electrons. The van der Waals surface area contributed by atoms with E-state index < -0.39 is 5.91 Å². The molecule has 0 heterocycles. The molecule has 0 saturated carbocycles. The summed E-state index contributed by atoms with van der Waals surface area (Å²) in [6, 6.07) is 18.7. The van der Waals surface area contributed by atoms with E-state index in [4.69, 9.17) is 18.9 Å². The summed E-state index contributed by atoms with van der Waals surface area (Å²) in [6.45, 7) is 0.560. The monoisotopic (exact) mass is 662 g/mol. The minimum absolute atomic E-state index is 0.0381. The van der Waals surface area contributed by atoms with E-state index in [-0.39, 0.29) is 12.1 Å². The molecular weight excluding hydrogens is 639 g/mol. The van der Waals surface area contributed by atoms with Gasteiger partial charge in [0.05, 0.1) is 24.9 Å². The van der Waals surface area contributed by atoms with Crippen LogP contribution < -0.4 is 24.3 Å². The van der Waals surface area contributed by atoms with Crippen molar-refractivity contribution in [3.05, 3.63) is 84.9 Å². The van der Waals surface area contributed by atoms with Gasteiger partial charge in [0.1, 0.15) is 29.7 Å². The van der Waals surface area contributed by atoms with Crippen LogP contribution in [0.15, 0.2) is 64.6 Å². The summed E-state index contributed by atoms with van der Waals surface area (Å²) in [5.74, 6) is 1.82. The Morgan fingerprint density at radius 3 is 2.39 bits per heavy atom. The van der Waals surface area contributed by atoms with Crippen molar-refractivity contribution >= 4 is 50.5 Å². The predicted octanol–water partition coefficient (Wildman–Crippen LogP) is 5.88. The number of rotatable bonds is 10. The van der Waals surface area contributed by atoms with E-state index >= 15 is 0 Å². The fourth-order valence-corrected chi connectivity index (χ4v) is 4.33. The molecule has 36 heavy (non-hydrogen) atoms. The van der Waals surface area contributed by atoms with Crippen LogP contribution in [0, 0.1) is 14.9 Å². The van der Waals surface area contributed by atoms with E-state index in [2.05, 4.69) is 43.8 Å². The van der Waals surface area contributed by atoms with Gasteiger partial charge < -0.3 is 24.3 Å². The smallest absolute Gasteiger partial charge is 0.262 e. The number of methoxy groups -OCH3 is 3. The molecule has 1 N–H and O–H groups in total. The first kappa shape index (κ1) is 27.4. The number of hydrogen-bond donors (Lipinski definition) is 1. The molecule has 0 atom stereocenters. The number of carbonyl (C=O) groups is 1. The Labute approximate surface area is 232 Å². The van der Waals surface area contributed by atoms with Crippen LogP contribution in [0.4, 0.5) is 0 Å². The maximum atomic E-state index is 12.7. The van der Waals surface area contributed by atoms with Crippen LogP contribution in [0.3, 0.4) is 0 Å². The summed E-state index contributed by atoms with van der Waals surface area (Å²) < 4.78 is 23.9. The maximum Gasteiger partial charge on any atom is 0.262 e. The van der Waals surface area contributed by atoms with E-state index in [0.29, 0.717) is 35.2 Å². The summed E-state index contributed by atoms with van der Waals surface area (Å²) in [5, 5.41) is 12.4. The molecule has 0 unspecified atom stereocenters. The van der Waals surface area contributed by atoms with Gasteiger partial charge in [-0.3, -0.25) is 4.79 Å². The number of nitrogens with one attached hydrogen (secondary N) is 1. The molecule has 3 rings (SSSR count). The lowest BCUT2D eigenvalue weighted by molar-refractivity contribution is -0.117. The van der Waals surface area contributed by atoms with Crippen molar-refractivity contribution in [2.75, 3.05) is 21.3 Å². The third-order valence-corrected chi connectivity index (χ3v) is 6.49. The number of nitrogens with zero attached hydrogens (tertiary/aromatic N) is 1. The first-order chi connectivity index (χ1) is 17.4. The Bertz CT molecular complexity index is 1300. The van der Waals surface area contributed by atoms with Crippen molar-refractivity contribution < 1.29 is 23.7 Å². The zero-order valence-electron chi connectivity index (χ0n) is 19.9. The van der Waals surface area contributed by atoms with Gasteiger partial charge in [-0.05, 0) is 76.2 Å². The van der Waals surface area contributed by atoms with E-state index in [0.717, 1.165) is 19.2 Å². The molecule has 3 aromatic rings. The minimum atomic E-state index is -0.500. The summed E-state index contributed by atoms with van der Waals surface area (Å²) in [5.41, 5.74) is 2.37. The molecule has 0 spiro atoms. The number of ether oxygens (including phenoxy) is 4. The van der Waals surface area contributed by atoms with Gasteiger partial charge in [0, 0.05) is 22.6 Å². The van der Waals surface area contributed by atoms with Crippen LogP contribution in [0.5, 0.6) is 23.0 Å². The van der Waals surface area contributed by atoms with Gasteiger partial charge in [-0.25, -0.2) is 0 Å². The van der Waals surface area contributed by atoms with Crippen molar-refractivity contribution in [1.29, 1.82) is 5.26 Å². The second-order valence-electron chi connectivity index (χ2n) is 7.48. The van der Waals surface area contributed by atoms with Gasteiger partial charge in [-0.15, -0.1) is 0 Å². The molecule has 1 amide bonds. The summed E-state index contributed by atoms with van der Waals surface area (Å²) in [7, 11) is 4.66. The van der Waals surface area contributed by atoms with Crippen LogP contribution in [0.2, 0.25) is 0 Å². The second-order valence-corrected chi connectivity index (χ2v) is 9.56. The summed E-state index contributed by atoms with van der Waals surface area (Å²) >= 11 is 5.57. The highest BCUT2D eigenvalue weighted by molar-refractivity contribution is 14.1. The van der Waals surface area contributed by atoms with Crippen LogP contribution in [0.1, 0.15) is 16.7 Å². The predicted molar refractivity (Wildman–Crippen MR) is 149 cm³/mol. The van der Waals surface area contributed by atoms with Gasteiger partial charge in [0.25, 0.3) is 5.91 Å². The average Bonchev–Trinajstić information content (AvgIpc) is 2.90. The number of hydrogen-bond acceptors (Lipinski definition) is 6. The molecule has 3 aromatic carbocycles. The fourth-order valence-electron chi connectivity index (χ4n) is 3.28. The average molecular weight is 663 g/mol. The molecule has 0 aliphatic heterocycles. The van der Waals surface area contributed by atoms with E-state index in [1.54, 1.807) is 45.6 Å². The largest absolute Gasteiger partial charge is 0.497 e. The van der Waals surface area contributed by atoms with E-state index in [1.807, 2.05) is 36.4 Å². The zero-order chi connectivity index (χ0) is 26.1. The minimum Gasteiger partial charge on any atom is -0.497 e. The van der Waals surface area contributed by atoms with Crippen molar-refractivity contribution in [2.24, 2.45) is 0 Å². The number of amides is 1. The molecule has 0 fully saturated rings. The molecule has 0 saturated heterocycles. The number of benzene rings is 3. The molecule has 0 bridgehead atoms. The Balaban J connectivity index is 1.75. The third-order valence-electron chi connectivity index (χ3n) is 5.16. The molecule has 0 aliphatic rings. The van der Waals surface area contributed by atoms with Crippen molar-refractivity contribution in [3.63, 3.8) is 0 Å². The summed E-state index contributed by atoms with van der Waals surface area (Å²) in [6.07, 6.45) is 1.52. The number of carbonyl (C=O) groups excluding carboxylic acids is 1. The lowest BCUT2D eigenvalue weighted by Crippen LogP contribution is -2.24. The van der Waals surface area contributed by atoms with Gasteiger partial charge >= 0.3 is 0 Å². The number of nitriles is 1. The van der Waals surface area contributed by atoms with Crippen molar-refractivity contribution in [2.45, 2.75) is 13.2 Å². The normalized spacial score (nSPS) is 10.8. The maximum absolute atomic E-state index is 12.7. The zero-order valence-corrected chi connectivity index (χ0v) is 23.7. The summed E-state index contributed by atoms with van der Waals surface area (Å²) in [4.78, 5) is 12.7. The molecule has 0 aliphatic carbocycles. The number of halogens is 2. The quantitative estimate of drug-likeness (QED) is 0.166. The second kappa shape index (κ2) is 13.2. The third kappa shape index (κ3) is 7.15. The topological polar surface area (TPSA) is 89.8 Å². The molecule has 7 nitrogen and oxygen atoms in total.